The Bertz CT molecular complexity index is 566. The van der Waals surface area contributed by atoms with Crippen molar-refractivity contribution >= 4 is 33.3 Å². The molecule has 116 valence electrons. The maximum absolute atomic E-state index is 4.80. The lowest BCUT2D eigenvalue weighted by molar-refractivity contribution is 0.591. The van der Waals surface area contributed by atoms with E-state index >= 15 is 0 Å². The minimum Gasteiger partial charge on any atom is -0.354 e. The van der Waals surface area contributed by atoms with Gasteiger partial charge in [-0.2, -0.15) is 4.98 Å². The van der Waals surface area contributed by atoms with Gasteiger partial charge in [-0.25, -0.2) is 4.98 Å². The predicted molar refractivity (Wildman–Crippen MR) is 93.6 cm³/mol. The predicted octanol–water partition coefficient (Wildman–Crippen LogP) is 4.53. The molecule has 2 aromatic rings. The summed E-state index contributed by atoms with van der Waals surface area (Å²) in [5.41, 5.74) is 0. The summed E-state index contributed by atoms with van der Waals surface area (Å²) in [4.78, 5) is 12.9. The number of thiophene rings is 1. The molecule has 1 atom stereocenters. The molecular formula is C16H26N4S. The molecule has 0 aliphatic rings. The number of nitrogens with one attached hydrogen (secondary N) is 1. The van der Waals surface area contributed by atoms with Crippen molar-refractivity contribution in [3.63, 3.8) is 0 Å². The molecule has 0 aliphatic heterocycles. The van der Waals surface area contributed by atoms with Gasteiger partial charge in [0, 0.05) is 19.1 Å². The second-order valence-corrected chi connectivity index (χ2v) is 6.24. The Morgan fingerprint density at radius 1 is 1.29 bits per heavy atom. The number of unbranched alkanes of at least 4 members (excludes halogenated alkanes) is 1. The first-order valence-electron chi connectivity index (χ1n) is 7.96. The zero-order valence-corrected chi connectivity index (χ0v) is 14.3. The van der Waals surface area contributed by atoms with Crippen LogP contribution >= 0.6 is 11.3 Å². The number of fused-ring (bicyclic) bond motifs is 1. The molecular weight excluding hydrogens is 280 g/mol. The Labute approximate surface area is 131 Å². The fraction of sp³-hybridized carbons (Fsp3) is 0.625. The van der Waals surface area contributed by atoms with Crippen molar-refractivity contribution in [3.8, 4) is 0 Å². The van der Waals surface area contributed by atoms with Gasteiger partial charge in [0.05, 0.1) is 5.39 Å². The van der Waals surface area contributed by atoms with Gasteiger partial charge in [-0.15, -0.1) is 11.3 Å². The van der Waals surface area contributed by atoms with Crippen LogP contribution in [0.15, 0.2) is 11.4 Å². The number of aromatic nitrogens is 2. The van der Waals surface area contributed by atoms with Crippen molar-refractivity contribution in [1.29, 1.82) is 0 Å². The van der Waals surface area contributed by atoms with Crippen LogP contribution in [0.1, 0.15) is 47.0 Å². The Morgan fingerprint density at radius 2 is 2.10 bits per heavy atom. The third-order valence-electron chi connectivity index (χ3n) is 3.79. The Hall–Kier alpha value is -1.36. The standard InChI is InChI=1S/C16H26N4S/c1-5-8-10-20(12(4)6-2)14-13-9-11-21-15(13)19-16(18-14)17-7-3/h9,11-12H,5-8,10H2,1-4H3,(H,17,18,19). The molecule has 0 amide bonds. The first-order valence-corrected chi connectivity index (χ1v) is 8.84. The van der Waals surface area contributed by atoms with Gasteiger partial charge in [0.25, 0.3) is 0 Å². The minimum absolute atomic E-state index is 0.490. The summed E-state index contributed by atoms with van der Waals surface area (Å²) >= 11 is 1.68. The van der Waals surface area contributed by atoms with Gasteiger partial charge in [0.1, 0.15) is 10.6 Å². The van der Waals surface area contributed by atoms with Crippen LogP contribution in [0.5, 0.6) is 0 Å². The smallest absolute Gasteiger partial charge is 0.226 e. The van der Waals surface area contributed by atoms with Crippen LogP contribution < -0.4 is 10.2 Å². The highest BCUT2D eigenvalue weighted by atomic mass is 32.1. The third-order valence-corrected chi connectivity index (χ3v) is 4.59. The lowest BCUT2D eigenvalue weighted by Crippen LogP contribution is -2.34. The van der Waals surface area contributed by atoms with Crippen molar-refractivity contribution in [2.75, 3.05) is 23.3 Å². The van der Waals surface area contributed by atoms with Crippen LogP contribution in [0.4, 0.5) is 11.8 Å². The summed E-state index contributed by atoms with van der Waals surface area (Å²) in [7, 11) is 0. The molecule has 5 heteroatoms. The maximum Gasteiger partial charge on any atom is 0.226 e. The molecule has 2 heterocycles. The Balaban J connectivity index is 2.45. The van der Waals surface area contributed by atoms with Gasteiger partial charge >= 0.3 is 0 Å². The van der Waals surface area contributed by atoms with Gasteiger partial charge in [-0.05, 0) is 38.1 Å². The van der Waals surface area contributed by atoms with E-state index in [4.69, 9.17) is 4.98 Å². The van der Waals surface area contributed by atoms with E-state index in [0.717, 1.165) is 36.1 Å². The second kappa shape index (κ2) is 7.59. The third kappa shape index (κ3) is 3.64. The molecule has 0 bridgehead atoms. The summed E-state index contributed by atoms with van der Waals surface area (Å²) in [5, 5.41) is 6.54. The Morgan fingerprint density at radius 3 is 2.76 bits per heavy atom. The van der Waals surface area contributed by atoms with E-state index in [1.165, 1.54) is 18.2 Å². The molecule has 0 radical (unpaired) electrons. The van der Waals surface area contributed by atoms with Crippen molar-refractivity contribution in [1.82, 2.24) is 9.97 Å². The molecule has 1 unspecified atom stereocenters. The van der Waals surface area contributed by atoms with Crippen LogP contribution in [0.3, 0.4) is 0 Å². The molecule has 21 heavy (non-hydrogen) atoms. The largest absolute Gasteiger partial charge is 0.354 e. The molecule has 2 aromatic heterocycles. The van der Waals surface area contributed by atoms with E-state index in [-0.39, 0.29) is 0 Å². The van der Waals surface area contributed by atoms with Gasteiger partial charge in [-0.1, -0.05) is 20.3 Å². The number of anilines is 2. The molecule has 0 saturated heterocycles. The number of hydrogen-bond donors (Lipinski definition) is 1. The number of nitrogens with zero attached hydrogens (tertiary/aromatic N) is 3. The van der Waals surface area contributed by atoms with Crippen LogP contribution in [0.25, 0.3) is 10.2 Å². The summed E-state index contributed by atoms with van der Waals surface area (Å²) in [6.45, 7) is 10.7. The van der Waals surface area contributed by atoms with Gasteiger partial charge in [0.2, 0.25) is 5.95 Å². The average Bonchev–Trinajstić information content (AvgIpc) is 2.95. The molecule has 0 aliphatic carbocycles. The van der Waals surface area contributed by atoms with E-state index in [1.54, 1.807) is 11.3 Å². The van der Waals surface area contributed by atoms with Crippen LogP contribution in [0.2, 0.25) is 0 Å². The van der Waals surface area contributed by atoms with Gasteiger partial charge < -0.3 is 10.2 Å². The number of hydrogen-bond acceptors (Lipinski definition) is 5. The van der Waals surface area contributed by atoms with Crippen molar-refractivity contribution in [2.45, 2.75) is 53.0 Å². The fourth-order valence-corrected chi connectivity index (χ4v) is 3.14. The highest BCUT2D eigenvalue weighted by Crippen LogP contribution is 2.30. The van der Waals surface area contributed by atoms with Crippen LogP contribution in [-0.2, 0) is 0 Å². The first kappa shape index (κ1) is 16.0. The lowest BCUT2D eigenvalue weighted by Gasteiger charge is -2.30. The summed E-state index contributed by atoms with van der Waals surface area (Å²) in [6.07, 6.45) is 3.51. The highest BCUT2D eigenvalue weighted by molar-refractivity contribution is 7.16. The lowest BCUT2D eigenvalue weighted by atomic mass is 10.2. The number of rotatable bonds is 8. The molecule has 4 nitrogen and oxygen atoms in total. The second-order valence-electron chi connectivity index (χ2n) is 5.34. The van der Waals surface area contributed by atoms with Crippen molar-refractivity contribution in [2.24, 2.45) is 0 Å². The van der Waals surface area contributed by atoms with Gasteiger partial charge in [0.15, 0.2) is 0 Å². The van der Waals surface area contributed by atoms with E-state index in [2.05, 4.69) is 54.3 Å². The molecule has 2 rings (SSSR count). The van der Waals surface area contributed by atoms with Crippen LogP contribution in [-0.4, -0.2) is 29.1 Å². The fourth-order valence-electron chi connectivity index (χ4n) is 2.38. The van der Waals surface area contributed by atoms with E-state index in [1.807, 2.05) is 0 Å². The molecule has 0 saturated carbocycles. The molecule has 0 fully saturated rings. The van der Waals surface area contributed by atoms with E-state index < -0.39 is 0 Å². The van der Waals surface area contributed by atoms with Crippen molar-refractivity contribution in [3.05, 3.63) is 11.4 Å². The SMILES string of the molecule is CCCCN(c1nc(NCC)nc2sccc12)C(C)CC. The topological polar surface area (TPSA) is 41.1 Å². The average molecular weight is 306 g/mol. The molecule has 1 N–H and O–H groups in total. The van der Waals surface area contributed by atoms with Crippen LogP contribution in [0, 0.1) is 0 Å². The van der Waals surface area contributed by atoms with E-state index in [9.17, 15) is 0 Å². The summed E-state index contributed by atoms with van der Waals surface area (Å²) in [6, 6.07) is 2.64. The minimum atomic E-state index is 0.490. The normalized spacial score (nSPS) is 12.6. The van der Waals surface area contributed by atoms with Crippen molar-refractivity contribution < 1.29 is 0 Å². The quantitative estimate of drug-likeness (QED) is 0.778. The molecule has 0 spiro atoms. The van der Waals surface area contributed by atoms with E-state index in [0.29, 0.717) is 6.04 Å². The maximum atomic E-state index is 4.80. The van der Waals surface area contributed by atoms with Gasteiger partial charge in [-0.3, -0.25) is 0 Å². The zero-order valence-electron chi connectivity index (χ0n) is 13.5. The monoisotopic (exact) mass is 306 g/mol. The molecule has 0 aromatic carbocycles. The summed E-state index contributed by atoms with van der Waals surface area (Å²) in [5.74, 6) is 1.83. The zero-order chi connectivity index (χ0) is 15.2. The Kier molecular flexibility index (Phi) is 5.79. The first-order chi connectivity index (χ1) is 10.2. The highest BCUT2D eigenvalue weighted by Gasteiger charge is 2.19. The summed E-state index contributed by atoms with van der Waals surface area (Å²) < 4.78 is 0.